The molecule has 2 fully saturated rings. The number of hydrogen-bond donors (Lipinski definition) is 1. The first kappa shape index (κ1) is 14.3. The molecule has 3 rings (SSSR count). The number of nitrogens with one attached hydrogen (secondary N) is 1. The zero-order valence-electron chi connectivity index (χ0n) is 11.4. The van der Waals surface area contributed by atoms with Crippen molar-refractivity contribution in [3.8, 4) is 0 Å². The second-order valence-electron chi connectivity index (χ2n) is 5.47. The molecule has 1 amide bonds. The van der Waals surface area contributed by atoms with Gasteiger partial charge in [0.05, 0.1) is 5.69 Å². The predicted molar refractivity (Wildman–Crippen MR) is 75.7 cm³/mol. The van der Waals surface area contributed by atoms with E-state index >= 15 is 0 Å². The van der Waals surface area contributed by atoms with E-state index in [0.29, 0.717) is 17.8 Å². The van der Waals surface area contributed by atoms with Gasteiger partial charge in [-0.05, 0) is 32.3 Å². The highest BCUT2D eigenvalue weighted by Crippen LogP contribution is 2.21. The molecule has 0 aliphatic carbocycles. The summed E-state index contributed by atoms with van der Waals surface area (Å²) in [6.45, 7) is 3.61. The zero-order chi connectivity index (χ0) is 12.7. The van der Waals surface area contributed by atoms with Crippen molar-refractivity contribution in [3.05, 3.63) is 17.5 Å². The first-order valence-corrected chi connectivity index (χ1v) is 6.69. The quantitative estimate of drug-likeness (QED) is 0.841. The number of nitrogens with zero attached hydrogens (tertiary/aromatic N) is 3. The van der Waals surface area contributed by atoms with Crippen LogP contribution in [0.3, 0.4) is 0 Å². The predicted octanol–water partition coefficient (Wildman–Crippen LogP) is 1.12. The molecule has 0 spiro atoms. The van der Waals surface area contributed by atoms with Crippen LogP contribution in [0.15, 0.2) is 6.07 Å². The van der Waals surface area contributed by atoms with Gasteiger partial charge in [-0.25, -0.2) is 0 Å². The Morgan fingerprint density at radius 1 is 1.37 bits per heavy atom. The van der Waals surface area contributed by atoms with Crippen LogP contribution in [0.2, 0.25) is 0 Å². The van der Waals surface area contributed by atoms with Gasteiger partial charge in [-0.3, -0.25) is 9.48 Å². The van der Waals surface area contributed by atoms with Gasteiger partial charge in [0.1, 0.15) is 5.69 Å². The standard InChI is InChI=1S/C13H20N4O.ClH/c1-9-7-12(16(2)15-9)13(18)17-6-5-10-3-4-11(8-17)14-10;/h7,10-11,14H,3-6,8H2,1-2H3;1H. The summed E-state index contributed by atoms with van der Waals surface area (Å²) in [6.07, 6.45) is 3.52. The fraction of sp³-hybridized carbons (Fsp3) is 0.692. The molecule has 0 radical (unpaired) electrons. The summed E-state index contributed by atoms with van der Waals surface area (Å²) in [5.74, 6) is 0.118. The number of carbonyl (C=O) groups excluding carboxylic acids is 1. The lowest BCUT2D eigenvalue weighted by Crippen LogP contribution is -2.39. The third-order valence-electron chi connectivity index (χ3n) is 4.03. The van der Waals surface area contributed by atoms with E-state index in [1.165, 1.54) is 12.8 Å². The Labute approximate surface area is 119 Å². The maximum absolute atomic E-state index is 12.5. The average molecular weight is 285 g/mol. The van der Waals surface area contributed by atoms with E-state index in [0.717, 1.165) is 25.2 Å². The van der Waals surface area contributed by atoms with E-state index < -0.39 is 0 Å². The van der Waals surface area contributed by atoms with Crippen LogP contribution in [0.4, 0.5) is 0 Å². The second-order valence-corrected chi connectivity index (χ2v) is 5.47. The fourth-order valence-electron chi connectivity index (χ4n) is 3.10. The third-order valence-corrected chi connectivity index (χ3v) is 4.03. The molecule has 2 bridgehead atoms. The molecule has 6 heteroatoms. The van der Waals surface area contributed by atoms with E-state index in [1.807, 2.05) is 24.9 Å². The van der Waals surface area contributed by atoms with Crippen LogP contribution in [0.5, 0.6) is 0 Å². The van der Waals surface area contributed by atoms with Crippen molar-refractivity contribution < 1.29 is 4.79 Å². The second kappa shape index (κ2) is 5.51. The monoisotopic (exact) mass is 284 g/mol. The SMILES string of the molecule is Cc1cc(C(=O)N2CCC3CCC(C2)N3)n(C)n1.Cl. The van der Waals surface area contributed by atoms with Crippen molar-refractivity contribution in [1.29, 1.82) is 0 Å². The highest BCUT2D eigenvalue weighted by atomic mass is 35.5. The summed E-state index contributed by atoms with van der Waals surface area (Å²) in [6, 6.07) is 2.97. The van der Waals surface area contributed by atoms with Crippen molar-refractivity contribution >= 4 is 18.3 Å². The normalized spacial score (nSPS) is 25.9. The Bertz CT molecular complexity index is 473. The number of carbonyl (C=O) groups is 1. The molecule has 0 aromatic carbocycles. The first-order valence-electron chi connectivity index (χ1n) is 6.69. The van der Waals surface area contributed by atoms with Gasteiger partial charge < -0.3 is 10.2 Å². The summed E-state index contributed by atoms with van der Waals surface area (Å²) in [5, 5.41) is 7.84. The van der Waals surface area contributed by atoms with Gasteiger partial charge in [0.2, 0.25) is 0 Å². The molecule has 2 aliphatic rings. The minimum atomic E-state index is 0. The van der Waals surface area contributed by atoms with Gasteiger partial charge in [-0.15, -0.1) is 12.4 Å². The number of likely N-dealkylation sites (tertiary alicyclic amines) is 1. The number of amides is 1. The van der Waals surface area contributed by atoms with Crippen LogP contribution in [0.25, 0.3) is 0 Å². The number of aryl methyl sites for hydroxylation is 2. The minimum Gasteiger partial charge on any atom is -0.336 e. The Balaban J connectivity index is 0.00000133. The van der Waals surface area contributed by atoms with Crippen molar-refractivity contribution in [2.75, 3.05) is 13.1 Å². The summed E-state index contributed by atoms with van der Waals surface area (Å²) in [5.41, 5.74) is 1.60. The van der Waals surface area contributed by atoms with Crippen LogP contribution in [0.1, 0.15) is 35.4 Å². The molecule has 2 aliphatic heterocycles. The van der Waals surface area contributed by atoms with Crippen LogP contribution in [-0.2, 0) is 7.05 Å². The summed E-state index contributed by atoms with van der Waals surface area (Å²) >= 11 is 0. The van der Waals surface area contributed by atoms with Gasteiger partial charge >= 0.3 is 0 Å². The molecule has 1 aromatic rings. The Hall–Kier alpha value is -1.07. The largest absolute Gasteiger partial charge is 0.336 e. The van der Waals surface area contributed by atoms with Crippen molar-refractivity contribution in [2.24, 2.45) is 7.05 Å². The Kier molecular flexibility index (Phi) is 4.16. The van der Waals surface area contributed by atoms with Crippen molar-refractivity contribution in [2.45, 2.75) is 38.3 Å². The van der Waals surface area contributed by atoms with Crippen LogP contribution in [-0.4, -0.2) is 45.8 Å². The highest BCUT2D eigenvalue weighted by molar-refractivity contribution is 5.92. The molecule has 19 heavy (non-hydrogen) atoms. The molecular formula is C13H21ClN4O. The van der Waals surface area contributed by atoms with Crippen LogP contribution >= 0.6 is 12.4 Å². The van der Waals surface area contributed by atoms with E-state index in [9.17, 15) is 4.79 Å². The van der Waals surface area contributed by atoms with Crippen LogP contribution < -0.4 is 5.32 Å². The zero-order valence-corrected chi connectivity index (χ0v) is 12.2. The van der Waals surface area contributed by atoms with Gasteiger partial charge in [-0.1, -0.05) is 0 Å². The summed E-state index contributed by atoms with van der Waals surface area (Å²) < 4.78 is 1.69. The smallest absolute Gasteiger partial charge is 0.272 e. The molecule has 0 saturated carbocycles. The maximum atomic E-state index is 12.5. The fourth-order valence-corrected chi connectivity index (χ4v) is 3.10. The number of fused-ring (bicyclic) bond motifs is 2. The molecule has 1 N–H and O–H groups in total. The topological polar surface area (TPSA) is 50.2 Å². The Morgan fingerprint density at radius 3 is 2.79 bits per heavy atom. The van der Waals surface area contributed by atoms with E-state index in [1.54, 1.807) is 4.68 Å². The van der Waals surface area contributed by atoms with Gasteiger partial charge in [-0.2, -0.15) is 5.10 Å². The number of halogens is 1. The number of aromatic nitrogens is 2. The number of rotatable bonds is 1. The molecule has 2 unspecified atom stereocenters. The molecule has 2 atom stereocenters. The molecule has 5 nitrogen and oxygen atoms in total. The highest BCUT2D eigenvalue weighted by Gasteiger charge is 2.32. The summed E-state index contributed by atoms with van der Waals surface area (Å²) in [7, 11) is 1.84. The molecule has 3 heterocycles. The lowest BCUT2D eigenvalue weighted by molar-refractivity contribution is 0.0737. The molecule has 2 saturated heterocycles. The van der Waals surface area contributed by atoms with Gasteiger partial charge in [0, 0.05) is 32.2 Å². The van der Waals surface area contributed by atoms with Crippen molar-refractivity contribution in [1.82, 2.24) is 20.0 Å². The van der Waals surface area contributed by atoms with E-state index in [2.05, 4.69) is 10.4 Å². The van der Waals surface area contributed by atoms with Crippen LogP contribution in [0, 0.1) is 6.92 Å². The number of hydrogen-bond acceptors (Lipinski definition) is 3. The lowest BCUT2D eigenvalue weighted by Gasteiger charge is -2.24. The Morgan fingerprint density at radius 2 is 2.11 bits per heavy atom. The van der Waals surface area contributed by atoms with Crippen molar-refractivity contribution in [3.63, 3.8) is 0 Å². The summed E-state index contributed by atoms with van der Waals surface area (Å²) in [4.78, 5) is 14.5. The average Bonchev–Trinajstić information content (AvgIpc) is 2.81. The van der Waals surface area contributed by atoms with E-state index in [-0.39, 0.29) is 18.3 Å². The first-order chi connectivity index (χ1) is 8.63. The molecule has 1 aromatic heterocycles. The van der Waals surface area contributed by atoms with Gasteiger partial charge in [0.25, 0.3) is 5.91 Å². The minimum absolute atomic E-state index is 0. The maximum Gasteiger partial charge on any atom is 0.272 e. The van der Waals surface area contributed by atoms with E-state index in [4.69, 9.17) is 0 Å². The van der Waals surface area contributed by atoms with Gasteiger partial charge in [0.15, 0.2) is 0 Å². The molecular weight excluding hydrogens is 264 g/mol. The molecule has 106 valence electrons. The lowest BCUT2D eigenvalue weighted by atomic mass is 10.1. The third kappa shape index (κ3) is 2.77.